The van der Waals surface area contributed by atoms with Crippen molar-refractivity contribution in [1.82, 2.24) is 0 Å². The fraction of sp³-hybridized carbons (Fsp3) is 0.533. The SMILES string of the molecule is CCc1cc(OC)c(CC(C)(C)C(=O)O)cc1OC. The van der Waals surface area contributed by atoms with Crippen molar-refractivity contribution >= 4 is 5.97 Å². The van der Waals surface area contributed by atoms with Gasteiger partial charge in [-0.05, 0) is 49.9 Å². The molecular formula is C15H22O4. The highest BCUT2D eigenvalue weighted by Crippen LogP contribution is 2.33. The molecule has 0 aromatic heterocycles. The lowest BCUT2D eigenvalue weighted by Gasteiger charge is -2.22. The molecule has 0 bridgehead atoms. The van der Waals surface area contributed by atoms with Gasteiger partial charge in [-0.3, -0.25) is 4.79 Å². The summed E-state index contributed by atoms with van der Waals surface area (Å²) in [5, 5.41) is 9.22. The minimum absolute atomic E-state index is 0.395. The number of hydrogen-bond acceptors (Lipinski definition) is 3. The van der Waals surface area contributed by atoms with Crippen LogP contribution in [0.3, 0.4) is 0 Å². The van der Waals surface area contributed by atoms with Gasteiger partial charge in [0.05, 0.1) is 19.6 Å². The maximum Gasteiger partial charge on any atom is 0.309 e. The zero-order valence-corrected chi connectivity index (χ0v) is 12.2. The number of ether oxygens (including phenoxy) is 2. The van der Waals surface area contributed by atoms with E-state index in [4.69, 9.17) is 9.47 Å². The molecule has 0 aliphatic carbocycles. The van der Waals surface area contributed by atoms with E-state index in [1.54, 1.807) is 28.1 Å². The summed E-state index contributed by atoms with van der Waals surface area (Å²) in [5.74, 6) is 0.666. The summed E-state index contributed by atoms with van der Waals surface area (Å²) >= 11 is 0. The molecule has 4 heteroatoms. The Hall–Kier alpha value is -1.71. The van der Waals surface area contributed by atoms with Crippen LogP contribution < -0.4 is 9.47 Å². The van der Waals surface area contributed by atoms with E-state index in [-0.39, 0.29) is 0 Å². The molecule has 0 unspecified atom stereocenters. The van der Waals surface area contributed by atoms with Crippen molar-refractivity contribution in [3.8, 4) is 11.5 Å². The lowest BCUT2D eigenvalue weighted by Crippen LogP contribution is -2.26. The van der Waals surface area contributed by atoms with Gasteiger partial charge < -0.3 is 14.6 Å². The Morgan fingerprint density at radius 3 is 2.05 bits per heavy atom. The molecule has 0 atom stereocenters. The topological polar surface area (TPSA) is 55.8 Å². The van der Waals surface area contributed by atoms with Gasteiger partial charge in [-0.1, -0.05) is 6.92 Å². The largest absolute Gasteiger partial charge is 0.496 e. The quantitative estimate of drug-likeness (QED) is 0.860. The van der Waals surface area contributed by atoms with Gasteiger partial charge in [0.2, 0.25) is 0 Å². The van der Waals surface area contributed by atoms with E-state index >= 15 is 0 Å². The number of carboxylic acids is 1. The first-order valence-corrected chi connectivity index (χ1v) is 6.32. The Balaban J connectivity index is 3.23. The van der Waals surface area contributed by atoms with Gasteiger partial charge in [-0.25, -0.2) is 0 Å². The molecule has 0 fully saturated rings. The number of aryl methyl sites for hydroxylation is 1. The van der Waals surface area contributed by atoms with Crippen molar-refractivity contribution in [1.29, 1.82) is 0 Å². The number of methoxy groups -OCH3 is 2. The molecule has 0 heterocycles. The van der Waals surface area contributed by atoms with Gasteiger partial charge in [0.15, 0.2) is 0 Å². The van der Waals surface area contributed by atoms with Crippen LogP contribution in [-0.2, 0) is 17.6 Å². The van der Waals surface area contributed by atoms with Crippen LogP contribution in [0.4, 0.5) is 0 Å². The summed E-state index contributed by atoms with van der Waals surface area (Å²) in [6.07, 6.45) is 1.23. The van der Waals surface area contributed by atoms with E-state index < -0.39 is 11.4 Å². The third kappa shape index (κ3) is 3.40. The third-order valence-corrected chi connectivity index (χ3v) is 3.28. The molecule has 0 aliphatic heterocycles. The third-order valence-electron chi connectivity index (χ3n) is 3.28. The zero-order valence-electron chi connectivity index (χ0n) is 12.2. The summed E-state index contributed by atoms with van der Waals surface area (Å²) in [5.41, 5.74) is 1.06. The Morgan fingerprint density at radius 2 is 1.63 bits per heavy atom. The number of carboxylic acid groups (broad SMARTS) is 1. The highest BCUT2D eigenvalue weighted by molar-refractivity contribution is 5.74. The van der Waals surface area contributed by atoms with Crippen molar-refractivity contribution in [2.75, 3.05) is 14.2 Å². The van der Waals surface area contributed by atoms with Gasteiger partial charge in [-0.2, -0.15) is 0 Å². The molecule has 0 aliphatic rings. The predicted molar refractivity (Wildman–Crippen MR) is 74.0 cm³/mol. The molecule has 19 heavy (non-hydrogen) atoms. The summed E-state index contributed by atoms with van der Waals surface area (Å²) < 4.78 is 10.7. The lowest BCUT2D eigenvalue weighted by molar-refractivity contribution is -0.146. The Morgan fingerprint density at radius 1 is 1.16 bits per heavy atom. The van der Waals surface area contributed by atoms with Crippen LogP contribution in [0.2, 0.25) is 0 Å². The van der Waals surface area contributed by atoms with Crippen LogP contribution >= 0.6 is 0 Å². The normalized spacial score (nSPS) is 11.2. The van der Waals surface area contributed by atoms with E-state index in [0.29, 0.717) is 12.2 Å². The maximum atomic E-state index is 11.2. The van der Waals surface area contributed by atoms with Crippen molar-refractivity contribution in [2.45, 2.75) is 33.6 Å². The lowest BCUT2D eigenvalue weighted by atomic mass is 9.85. The van der Waals surface area contributed by atoms with E-state index in [1.807, 2.05) is 19.1 Å². The van der Waals surface area contributed by atoms with E-state index in [2.05, 4.69) is 0 Å². The number of aliphatic carboxylic acids is 1. The van der Waals surface area contributed by atoms with Crippen molar-refractivity contribution < 1.29 is 19.4 Å². The fourth-order valence-electron chi connectivity index (χ4n) is 1.99. The minimum Gasteiger partial charge on any atom is -0.496 e. The molecule has 1 N–H and O–H groups in total. The molecule has 1 aromatic carbocycles. The van der Waals surface area contributed by atoms with Gasteiger partial charge >= 0.3 is 5.97 Å². The number of benzene rings is 1. The Labute approximate surface area is 114 Å². The molecule has 0 spiro atoms. The van der Waals surface area contributed by atoms with E-state index in [9.17, 15) is 9.90 Å². The van der Waals surface area contributed by atoms with Crippen LogP contribution in [0.15, 0.2) is 12.1 Å². The van der Waals surface area contributed by atoms with Gasteiger partial charge in [0, 0.05) is 0 Å². The number of hydrogen-bond donors (Lipinski definition) is 1. The average molecular weight is 266 g/mol. The first-order chi connectivity index (χ1) is 8.85. The molecule has 1 aromatic rings. The van der Waals surface area contributed by atoms with Crippen molar-refractivity contribution in [3.63, 3.8) is 0 Å². The fourth-order valence-corrected chi connectivity index (χ4v) is 1.99. The first kappa shape index (κ1) is 15.3. The zero-order chi connectivity index (χ0) is 14.6. The molecule has 106 valence electrons. The maximum absolute atomic E-state index is 11.2. The highest BCUT2D eigenvalue weighted by Gasteiger charge is 2.29. The molecule has 4 nitrogen and oxygen atoms in total. The second-order valence-corrected chi connectivity index (χ2v) is 5.20. The molecule has 0 radical (unpaired) electrons. The molecule has 0 saturated heterocycles. The number of carbonyl (C=O) groups is 1. The summed E-state index contributed by atoms with van der Waals surface area (Å²) in [4.78, 5) is 11.2. The molecule has 1 rings (SSSR count). The van der Waals surface area contributed by atoms with Gasteiger partial charge in [0.25, 0.3) is 0 Å². The summed E-state index contributed by atoms with van der Waals surface area (Å²) in [6, 6.07) is 3.80. The van der Waals surface area contributed by atoms with E-state index in [1.165, 1.54) is 0 Å². The van der Waals surface area contributed by atoms with Crippen LogP contribution in [0, 0.1) is 5.41 Å². The smallest absolute Gasteiger partial charge is 0.309 e. The minimum atomic E-state index is -0.841. The first-order valence-electron chi connectivity index (χ1n) is 6.32. The average Bonchev–Trinajstić information content (AvgIpc) is 2.37. The number of rotatable bonds is 6. The Bertz CT molecular complexity index is 463. The van der Waals surface area contributed by atoms with Crippen LogP contribution in [0.1, 0.15) is 31.9 Å². The monoisotopic (exact) mass is 266 g/mol. The second-order valence-electron chi connectivity index (χ2n) is 5.20. The standard InChI is InChI=1S/C15H22O4/c1-6-10-7-13(19-5)11(8-12(10)18-4)9-15(2,3)14(16)17/h7-8H,6,9H2,1-5H3,(H,16,17). The molecular weight excluding hydrogens is 244 g/mol. The molecule has 0 amide bonds. The van der Waals surface area contributed by atoms with Crippen molar-refractivity contribution in [2.24, 2.45) is 5.41 Å². The molecule has 0 saturated carbocycles. The van der Waals surface area contributed by atoms with Gasteiger partial charge in [0.1, 0.15) is 11.5 Å². The second kappa shape index (κ2) is 5.95. The van der Waals surface area contributed by atoms with Gasteiger partial charge in [-0.15, -0.1) is 0 Å². The highest BCUT2D eigenvalue weighted by atomic mass is 16.5. The van der Waals surface area contributed by atoms with Crippen LogP contribution in [-0.4, -0.2) is 25.3 Å². The Kier molecular flexibility index (Phi) is 4.81. The van der Waals surface area contributed by atoms with Crippen LogP contribution in [0.5, 0.6) is 11.5 Å². The van der Waals surface area contributed by atoms with E-state index in [0.717, 1.165) is 23.3 Å². The predicted octanol–water partition coefficient (Wildman–Crippen LogP) is 2.92. The summed E-state index contributed by atoms with van der Waals surface area (Å²) in [7, 11) is 3.21. The van der Waals surface area contributed by atoms with Crippen LogP contribution in [0.25, 0.3) is 0 Å². The van der Waals surface area contributed by atoms with Crippen molar-refractivity contribution in [3.05, 3.63) is 23.3 Å². The summed E-state index contributed by atoms with van der Waals surface area (Å²) in [6.45, 7) is 5.45.